The third-order valence-corrected chi connectivity index (χ3v) is 3.48. The molecular formula is C18H15N3O2. The van der Waals surface area contributed by atoms with Crippen LogP contribution in [-0.2, 0) is 4.74 Å². The normalized spacial score (nSPS) is 10.1. The zero-order valence-electron chi connectivity index (χ0n) is 12.6. The van der Waals surface area contributed by atoms with Crippen molar-refractivity contribution in [2.75, 3.05) is 7.11 Å². The molecule has 0 aliphatic carbocycles. The zero-order valence-corrected chi connectivity index (χ0v) is 12.6. The highest BCUT2D eigenvalue weighted by Gasteiger charge is 2.10. The molecule has 23 heavy (non-hydrogen) atoms. The maximum atomic E-state index is 11.7. The van der Waals surface area contributed by atoms with Crippen molar-refractivity contribution >= 4 is 27.5 Å². The maximum absolute atomic E-state index is 11.7. The lowest BCUT2D eigenvalue weighted by atomic mass is 10.00. The first-order valence-electron chi connectivity index (χ1n) is 7.09. The smallest absolute Gasteiger partial charge is 0.338 e. The fraction of sp³-hybridized carbons (Fsp3) is 0.0556. The van der Waals surface area contributed by atoms with Crippen LogP contribution in [0.15, 0.2) is 67.0 Å². The molecule has 0 saturated heterocycles. The number of nitrogens with one attached hydrogen (secondary N) is 1. The molecule has 0 amide bonds. The van der Waals surface area contributed by atoms with Crippen molar-refractivity contribution in [3.8, 4) is 0 Å². The molecule has 0 bridgehead atoms. The molecule has 1 heterocycles. The molecule has 5 nitrogen and oxygen atoms in total. The molecule has 114 valence electrons. The Labute approximate surface area is 132 Å². The summed E-state index contributed by atoms with van der Waals surface area (Å²) >= 11 is 0. The number of nitrogens with zero attached hydrogens (tertiary/aromatic N) is 2. The summed E-state index contributed by atoms with van der Waals surface area (Å²) in [6, 6.07) is 17.9. The fourth-order valence-corrected chi connectivity index (χ4v) is 2.42. The van der Waals surface area contributed by atoms with E-state index >= 15 is 0 Å². The summed E-state index contributed by atoms with van der Waals surface area (Å²) in [6.07, 6.45) is 3.17. The molecule has 3 aromatic carbocycles. The maximum Gasteiger partial charge on any atom is 0.338 e. The fourth-order valence-electron chi connectivity index (χ4n) is 2.42. The van der Waals surface area contributed by atoms with Crippen molar-refractivity contribution in [1.82, 2.24) is 15.4 Å². The van der Waals surface area contributed by atoms with Crippen LogP contribution < -0.4 is 0 Å². The van der Waals surface area contributed by atoms with Crippen molar-refractivity contribution in [3.63, 3.8) is 0 Å². The molecule has 0 unspecified atom stereocenters. The van der Waals surface area contributed by atoms with Gasteiger partial charge >= 0.3 is 5.97 Å². The van der Waals surface area contributed by atoms with Crippen molar-refractivity contribution in [1.29, 1.82) is 0 Å². The predicted molar refractivity (Wildman–Crippen MR) is 89.2 cm³/mol. The lowest BCUT2D eigenvalue weighted by molar-refractivity contribution is 0.0603. The van der Waals surface area contributed by atoms with Crippen molar-refractivity contribution in [3.05, 3.63) is 72.6 Å². The van der Waals surface area contributed by atoms with Crippen molar-refractivity contribution in [2.45, 2.75) is 0 Å². The topological polar surface area (TPSA) is 67.9 Å². The molecule has 0 aliphatic rings. The lowest BCUT2D eigenvalue weighted by Crippen LogP contribution is -2.01. The molecule has 0 radical (unpaired) electrons. The summed E-state index contributed by atoms with van der Waals surface area (Å²) in [7, 11) is 1.40. The first-order valence-corrected chi connectivity index (χ1v) is 7.09. The lowest BCUT2D eigenvalue weighted by Gasteiger charge is -2.06. The van der Waals surface area contributed by atoms with Gasteiger partial charge in [0.15, 0.2) is 0 Å². The van der Waals surface area contributed by atoms with Gasteiger partial charge in [-0.25, -0.2) is 4.79 Å². The van der Waals surface area contributed by atoms with Gasteiger partial charge in [0, 0.05) is 0 Å². The quantitative estimate of drug-likeness (QED) is 0.431. The van der Waals surface area contributed by atoms with Crippen LogP contribution in [0.4, 0.5) is 0 Å². The molecule has 4 aromatic rings. The molecule has 0 aliphatic heterocycles. The Kier molecular flexibility index (Phi) is 4.29. The van der Waals surface area contributed by atoms with Crippen LogP contribution in [0.2, 0.25) is 0 Å². The zero-order chi connectivity index (χ0) is 16.1. The van der Waals surface area contributed by atoms with Crippen LogP contribution in [0.5, 0.6) is 0 Å². The Morgan fingerprint density at radius 3 is 2.17 bits per heavy atom. The molecule has 4 rings (SSSR count). The van der Waals surface area contributed by atoms with E-state index in [-0.39, 0.29) is 5.97 Å². The summed E-state index contributed by atoms with van der Waals surface area (Å²) in [6.45, 7) is 0. The number of carbonyl (C=O) groups excluding carboxylic acids is 1. The van der Waals surface area contributed by atoms with Gasteiger partial charge in [0.25, 0.3) is 0 Å². The van der Waals surface area contributed by atoms with Crippen molar-refractivity contribution < 1.29 is 9.53 Å². The third-order valence-electron chi connectivity index (χ3n) is 3.48. The molecule has 5 heteroatoms. The third kappa shape index (κ3) is 3.18. The van der Waals surface area contributed by atoms with Crippen LogP contribution in [0.3, 0.4) is 0 Å². The summed E-state index contributed by atoms with van der Waals surface area (Å²) in [5.41, 5.74) is 0.612. The number of ether oxygens (including phenoxy) is 1. The van der Waals surface area contributed by atoms with Gasteiger partial charge in [0.1, 0.15) is 0 Å². The first-order chi connectivity index (χ1) is 11.3. The van der Waals surface area contributed by atoms with E-state index in [1.807, 2.05) is 36.4 Å². The van der Waals surface area contributed by atoms with Gasteiger partial charge in [-0.1, -0.05) is 36.4 Å². The highest BCUT2D eigenvalue weighted by atomic mass is 16.5. The minimum Gasteiger partial charge on any atom is -0.465 e. The number of H-pyrrole nitrogens is 1. The largest absolute Gasteiger partial charge is 0.465 e. The van der Waals surface area contributed by atoms with Crippen LogP contribution in [0.25, 0.3) is 21.5 Å². The number of fused-ring (bicyclic) bond motifs is 2. The number of hydrogen-bond donors (Lipinski definition) is 1. The van der Waals surface area contributed by atoms with E-state index < -0.39 is 0 Å². The number of esters is 1. The van der Waals surface area contributed by atoms with Gasteiger partial charge in [-0.05, 0) is 39.7 Å². The second kappa shape index (κ2) is 6.70. The number of aromatic nitrogens is 3. The SMILES string of the molecule is COC(=O)c1cccc2cc3ccccc3cc12.c1cn[nH]n1. The number of aromatic amines is 1. The Morgan fingerprint density at radius 2 is 1.57 bits per heavy atom. The van der Waals surface area contributed by atoms with Gasteiger partial charge in [-0.2, -0.15) is 15.4 Å². The van der Waals surface area contributed by atoms with Gasteiger partial charge in [-0.15, -0.1) is 0 Å². The first kappa shape index (κ1) is 14.7. The molecule has 0 saturated carbocycles. The standard InChI is InChI=1S/C16H12O2.C2H3N3/c1-18-16(17)14-8-4-7-13-9-11-5-2-3-6-12(11)10-15(13)14;1-2-4-5-3-1/h2-10H,1H3;1-2H,(H,3,4,5). The number of benzene rings is 3. The van der Waals surface area contributed by atoms with E-state index in [0.29, 0.717) is 5.56 Å². The van der Waals surface area contributed by atoms with Crippen molar-refractivity contribution in [2.24, 2.45) is 0 Å². The highest BCUT2D eigenvalue weighted by Crippen LogP contribution is 2.25. The summed E-state index contributed by atoms with van der Waals surface area (Å²) in [5.74, 6) is -0.295. The summed E-state index contributed by atoms with van der Waals surface area (Å²) in [5, 5.41) is 13.6. The Bertz CT molecular complexity index is 916. The molecular weight excluding hydrogens is 290 g/mol. The minimum atomic E-state index is -0.295. The van der Waals surface area contributed by atoms with E-state index in [1.165, 1.54) is 12.5 Å². The van der Waals surface area contributed by atoms with E-state index in [1.54, 1.807) is 18.5 Å². The van der Waals surface area contributed by atoms with Gasteiger partial charge in [-0.3, -0.25) is 0 Å². The molecule has 1 aromatic heterocycles. The van der Waals surface area contributed by atoms with Crippen LogP contribution in [0.1, 0.15) is 10.4 Å². The average molecular weight is 305 g/mol. The van der Waals surface area contributed by atoms with Gasteiger partial charge < -0.3 is 4.74 Å². The Balaban J connectivity index is 0.000000267. The van der Waals surface area contributed by atoms with Gasteiger partial charge in [0.2, 0.25) is 0 Å². The number of methoxy groups -OCH3 is 1. The van der Waals surface area contributed by atoms with E-state index in [9.17, 15) is 4.79 Å². The number of hydrogen-bond acceptors (Lipinski definition) is 4. The second-order valence-electron chi connectivity index (χ2n) is 4.87. The van der Waals surface area contributed by atoms with E-state index in [2.05, 4.69) is 27.5 Å². The monoisotopic (exact) mass is 305 g/mol. The molecule has 0 spiro atoms. The van der Waals surface area contributed by atoms with E-state index in [4.69, 9.17) is 4.74 Å². The average Bonchev–Trinajstić information content (AvgIpc) is 3.18. The minimum absolute atomic E-state index is 0.295. The predicted octanol–water partition coefficient (Wildman–Crippen LogP) is 3.58. The second-order valence-corrected chi connectivity index (χ2v) is 4.87. The summed E-state index contributed by atoms with van der Waals surface area (Å²) < 4.78 is 4.82. The van der Waals surface area contributed by atoms with Crippen LogP contribution in [0, 0.1) is 0 Å². The number of rotatable bonds is 1. The molecule has 0 fully saturated rings. The van der Waals surface area contributed by atoms with E-state index in [0.717, 1.165) is 16.2 Å². The van der Waals surface area contributed by atoms with Gasteiger partial charge in [0.05, 0.1) is 25.1 Å². The summed E-state index contributed by atoms with van der Waals surface area (Å²) in [4.78, 5) is 11.7. The Hall–Kier alpha value is -3.21. The molecule has 1 N–H and O–H groups in total. The van der Waals surface area contributed by atoms with Crippen LogP contribution in [-0.4, -0.2) is 28.5 Å². The van der Waals surface area contributed by atoms with Crippen LogP contribution >= 0.6 is 0 Å². The Morgan fingerprint density at radius 1 is 0.913 bits per heavy atom. The highest BCUT2D eigenvalue weighted by molar-refractivity contribution is 6.08. The number of carbonyl (C=O) groups is 1. The molecule has 0 atom stereocenters.